The number of hydrogen-bond donors (Lipinski definition) is 1. The van der Waals surface area contributed by atoms with Gasteiger partial charge in [-0.05, 0) is 43.7 Å². The molecular formula is C12H15Br2N. The van der Waals surface area contributed by atoms with Gasteiger partial charge in [0.15, 0.2) is 0 Å². The van der Waals surface area contributed by atoms with E-state index in [0.29, 0.717) is 6.04 Å². The molecule has 0 heterocycles. The molecular weight excluding hydrogens is 318 g/mol. The maximum atomic E-state index is 3.75. The summed E-state index contributed by atoms with van der Waals surface area (Å²) in [4.78, 5) is 0. The first kappa shape index (κ1) is 12.9. The van der Waals surface area contributed by atoms with Crippen molar-refractivity contribution in [3.63, 3.8) is 0 Å². The summed E-state index contributed by atoms with van der Waals surface area (Å²) in [7, 11) is 1.99. The predicted octanol–water partition coefficient (Wildman–Crippen LogP) is 4.44. The van der Waals surface area contributed by atoms with Gasteiger partial charge >= 0.3 is 0 Å². The fourth-order valence-corrected chi connectivity index (χ4v) is 2.87. The van der Waals surface area contributed by atoms with Gasteiger partial charge in [-0.15, -0.1) is 6.58 Å². The predicted molar refractivity (Wildman–Crippen MR) is 73.1 cm³/mol. The van der Waals surface area contributed by atoms with E-state index in [-0.39, 0.29) is 0 Å². The Morgan fingerprint density at radius 3 is 2.40 bits per heavy atom. The summed E-state index contributed by atoms with van der Waals surface area (Å²) in [5.74, 6) is 0. The SMILES string of the molecule is C=CCCC(NC)c1cc(Br)cc(Br)c1. The van der Waals surface area contributed by atoms with Crippen LogP contribution in [-0.2, 0) is 0 Å². The minimum Gasteiger partial charge on any atom is -0.313 e. The molecule has 1 aromatic carbocycles. The molecule has 0 radical (unpaired) electrons. The van der Waals surface area contributed by atoms with Crippen molar-refractivity contribution in [2.24, 2.45) is 0 Å². The summed E-state index contributed by atoms with van der Waals surface area (Å²) in [6.07, 6.45) is 4.05. The summed E-state index contributed by atoms with van der Waals surface area (Å²) in [6.45, 7) is 3.75. The van der Waals surface area contributed by atoms with E-state index < -0.39 is 0 Å². The molecule has 0 saturated heterocycles. The van der Waals surface area contributed by atoms with Crippen LogP contribution in [0.3, 0.4) is 0 Å². The Bertz CT molecular complexity index is 316. The Kier molecular flexibility index (Phi) is 5.58. The maximum Gasteiger partial charge on any atom is 0.0321 e. The van der Waals surface area contributed by atoms with Crippen LogP contribution in [0.25, 0.3) is 0 Å². The van der Waals surface area contributed by atoms with Crippen LogP contribution in [0.2, 0.25) is 0 Å². The first-order chi connectivity index (χ1) is 7.17. The van der Waals surface area contributed by atoms with E-state index >= 15 is 0 Å². The van der Waals surface area contributed by atoms with E-state index in [1.165, 1.54) is 5.56 Å². The second-order valence-electron chi connectivity index (χ2n) is 3.41. The van der Waals surface area contributed by atoms with Crippen LogP contribution < -0.4 is 5.32 Å². The quantitative estimate of drug-likeness (QED) is 0.786. The number of halogens is 2. The highest BCUT2D eigenvalue weighted by Gasteiger charge is 2.09. The molecule has 0 aromatic heterocycles. The molecule has 0 saturated carbocycles. The fraction of sp³-hybridized carbons (Fsp3) is 0.333. The first-order valence-electron chi connectivity index (χ1n) is 4.91. The Balaban J connectivity index is 2.85. The topological polar surface area (TPSA) is 12.0 Å². The molecule has 1 N–H and O–H groups in total. The molecule has 1 nitrogen and oxygen atoms in total. The van der Waals surface area contributed by atoms with Gasteiger partial charge in [-0.2, -0.15) is 0 Å². The number of benzene rings is 1. The van der Waals surface area contributed by atoms with E-state index in [4.69, 9.17) is 0 Å². The number of allylic oxidation sites excluding steroid dienone is 1. The van der Waals surface area contributed by atoms with E-state index in [9.17, 15) is 0 Å². The molecule has 0 aliphatic carbocycles. The summed E-state index contributed by atoms with van der Waals surface area (Å²) >= 11 is 7.00. The van der Waals surface area contributed by atoms with Crippen molar-refractivity contribution in [3.8, 4) is 0 Å². The minimum atomic E-state index is 0.386. The Hall–Kier alpha value is -0.120. The van der Waals surface area contributed by atoms with Crippen LogP contribution in [0, 0.1) is 0 Å². The van der Waals surface area contributed by atoms with Gasteiger partial charge in [-0.25, -0.2) is 0 Å². The fourth-order valence-electron chi connectivity index (χ4n) is 1.54. The Morgan fingerprint density at radius 1 is 1.33 bits per heavy atom. The van der Waals surface area contributed by atoms with Crippen LogP contribution in [0.5, 0.6) is 0 Å². The van der Waals surface area contributed by atoms with Crippen molar-refractivity contribution < 1.29 is 0 Å². The molecule has 0 aliphatic heterocycles. The van der Waals surface area contributed by atoms with Crippen LogP contribution in [0.4, 0.5) is 0 Å². The molecule has 3 heteroatoms. The van der Waals surface area contributed by atoms with Gasteiger partial charge in [0.25, 0.3) is 0 Å². The third-order valence-electron chi connectivity index (χ3n) is 2.30. The van der Waals surface area contributed by atoms with Crippen LogP contribution in [0.15, 0.2) is 39.8 Å². The lowest BCUT2D eigenvalue weighted by molar-refractivity contribution is 0.554. The highest BCUT2D eigenvalue weighted by atomic mass is 79.9. The van der Waals surface area contributed by atoms with Gasteiger partial charge in [-0.1, -0.05) is 37.9 Å². The lowest BCUT2D eigenvalue weighted by Gasteiger charge is -2.16. The number of rotatable bonds is 5. The number of hydrogen-bond acceptors (Lipinski definition) is 1. The van der Waals surface area contributed by atoms with Crippen molar-refractivity contribution in [3.05, 3.63) is 45.4 Å². The first-order valence-corrected chi connectivity index (χ1v) is 6.50. The van der Waals surface area contributed by atoms with Crippen LogP contribution in [0.1, 0.15) is 24.4 Å². The molecule has 1 rings (SSSR count). The standard InChI is InChI=1S/C12H15Br2N/c1-3-4-5-12(15-2)9-6-10(13)8-11(14)7-9/h3,6-8,12,15H,1,4-5H2,2H3. The van der Waals surface area contributed by atoms with Gasteiger partial charge in [0.1, 0.15) is 0 Å². The molecule has 1 atom stereocenters. The molecule has 0 aliphatic rings. The highest BCUT2D eigenvalue weighted by Crippen LogP contribution is 2.26. The molecule has 0 fully saturated rings. The van der Waals surface area contributed by atoms with Crippen molar-refractivity contribution in [1.82, 2.24) is 5.32 Å². The average Bonchev–Trinajstić information content (AvgIpc) is 2.17. The van der Waals surface area contributed by atoms with Crippen molar-refractivity contribution in [2.45, 2.75) is 18.9 Å². The molecule has 1 aromatic rings. The molecule has 0 spiro atoms. The smallest absolute Gasteiger partial charge is 0.0321 e. The highest BCUT2D eigenvalue weighted by molar-refractivity contribution is 9.11. The van der Waals surface area contributed by atoms with Gasteiger partial charge in [0.05, 0.1) is 0 Å². The Labute approximate surface area is 108 Å². The molecule has 1 unspecified atom stereocenters. The van der Waals surface area contributed by atoms with Gasteiger partial charge in [-0.3, -0.25) is 0 Å². The van der Waals surface area contributed by atoms with E-state index in [2.05, 4.69) is 55.9 Å². The van der Waals surface area contributed by atoms with Crippen molar-refractivity contribution in [1.29, 1.82) is 0 Å². The van der Waals surface area contributed by atoms with Crippen molar-refractivity contribution >= 4 is 31.9 Å². The average molecular weight is 333 g/mol. The number of nitrogens with one attached hydrogen (secondary N) is 1. The largest absolute Gasteiger partial charge is 0.313 e. The van der Waals surface area contributed by atoms with Gasteiger partial charge < -0.3 is 5.32 Å². The summed E-state index contributed by atoms with van der Waals surface area (Å²) in [5.41, 5.74) is 1.29. The lowest BCUT2D eigenvalue weighted by atomic mass is 10.0. The maximum absolute atomic E-state index is 3.75. The minimum absolute atomic E-state index is 0.386. The zero-order valence-electron chi connectivity index (χ0n) is 8.76. The van der Waals surface area contributed by atoms with E-state index in [1.807, 2.05) is 19.2 Å². The van der Waals surface area contributed by atoms with Gasteiger partial charge in [0.2, 0.25) is 0 Å². The molecule has 0 amide bonds. The Morgan fingerprint density at radius 2 is 1.93 bits per heavy atom. The second-order valence-corrected chi connectivity index (χ2v) is 5.24. The summed E-state index contributed by atoms with van der Waals surface area (Å²) in [5, 5.41) is 3.32. The third-order valence-corrected chi connectivity index (χ3v) is 3.21. The molecule has 15 heavy (non-hydrogen) atoms. The summed E-state index contributed by atoms with van der Waals surface area (Å²) < 4.78 is 2.21. The normalized spacial score (nSPS) is 12.5. The monoisotopic (exact) mass is 331 g/mol. The van der Waals surface area contributed by atoms with Crippen LogP contribution in [-0.4, -0.2) is 7.05 Å². The lowest BCUT2D eigenvalue weighted by Crippen LogP contribution is -2.16. The molecule has 0 bridgehead atoms. The van der Waals surface area contributed by atoms with Crippen molar-refractivity contribution in [2.75, 3.05) is 7.05 Å². The zero-order valence-corrected chi connectivity index (χ0v) is 11.9. The van der Waals surface area contributed by atoms with E-state index in [0.717, 1.165) is 21.8 Å². The zero-order chi connectivity index (χ0) is 11.3. The van der Waals surface area contributed by atoms with Gasteiger partial charge in [0, 0.05) is 15.0 Å². The second kappa shape index (κ2) is 6.46. The summed E-state index contributed by atoms with van der Waals surface area (Å²) in [6, 6.07) is 6.73. The van der Waals surface area contributed by atoms with E-state index in [1.54, 1.807) is 0 Å². The molecule has 82 valence electrons. The third kappa shape index (κ3) is 4.09. The van der Waals surface area contributed by atoms with Crippen LogP contribution >= 0.6 is 31.9 Å².